The summed E-state index contributed by atoms with van der Waals surface area (Å²) < 4.78 is 23.6. The molecule has 16 heavy (non-hydrogen) atoms. The van der Waals surface area contributed by atoms with Gasteiger partial charge in [-0.15, -0.1) is 11.3 Å². The van der Waals surface area contributed by atoms with Gasteiger partial charge < -0.3 is 5.73 Å². The van der Waals surface area contributed by atoms with Crippen LogP contribution >= 0.6 is 27.3 Å². The van der Waals surface area contributed by atoms with Gasteiger partial charge in [-0.3, -0.25) is 0 Å². The number of hydrogen-bond donors (Lipinski definition) is 1. The van der Waals surface area contributed by atoms with E-state index in [0.717, 1.165) is 9.35 Å². The lowest BCUT2D eigenvalue weighted by Crippen LogP contribution is -2.13. The molecule has 1 aromatic heterocycles. The van der Waals surface area contributed by atoms with Crippen LogP contribution in [0, 0.1) is 0 Å². The zero-order valence-corrected chi connectivity index (χ0v) is 12.4. The van der Waals surface area contributed by atoms with E-state index in [4.69, 9.17) is 5.73 Å². The van der Waals surface area contributed by atoms with Gasteiger partial charge in [0.2, 0.25) is 0 Å². The molecule has 0 aliphatic carbocycles. The Morgan fingerprint density at radius 2 is 2.25 bits per heavy atom. The Labute approximate surface area is 109 Å². The van der Waals surface area contributed by atoms with Crippen LogP contribution in [0.4, 0.5) is 0 Å². The van der Waals surface area contributed by atoms with Gasteiger partial charge in [-0.1, -0.05) is 6.92 Å². The van der Waals surface area contributed by atoms with Crippen molar-refractivity contribution in [1.29, 1.82) is 0 Å². The number of halogens is 1. The number of rotatable bonds is 6. The van der Waals surface area contributed by atoms with Crippen LogP contribution in [0.2, 0.25) is 0 Å². The molecular weight excluding hydrogens is 310 g/mol. The fourth-order valence-corrected chi connectivity index (χ4v) is 3.49. The monoisotopic (exact) mass is 325 g/mol. The lowest BCUT2D eigenvalue weighted by atomic mass is 10.1. The summed E-state index contributed by atoms with van der Waals surface area (Å²) in [7, 11) is -2.85. The molecule has 2 N–H and O–H groups in total. The predicted octanol–water partition coefficient (Wildman–Crippen LogP) is 2.73. The van der Waals surface area contributed by atoms with Crippen LogP contribution in [0.3, 0.4) is 0 Å². The van der Waals surface area contributed by atoms with Crippen molar-refractivity contribution >= 4 is 37.1 Å². The molecule has 0 saturated carbocycles. The Hall–Kier alpha value is 0.0900. The van der Waals surface area contributed by atoms with Gasteiger partial charge in [0, 0.05) is 11.8 Å². The van der Waals surface area contributed by atoms with E-state index in [-0.39, 0.29) is 17.5 Å². The summed E-state index contributed by atoms with van der Waals surface area (Å²) in [6.07, 6.45) is 1.34. The minimum atomic E-state index is -2.85. The van der Waals surface area contributed by atoms with Crippen LogP contribution in [-0.4, -0.2) is 19.9 Å². The standard InChI is InChI=1S/C10H16BrNO2S2/c1-2-16(13,14)5-3-4-9(12)8-6-10(11)15-7-8/h6-7,9H,2-5,12H2,1H3. The summed E-state index contributed by atoms with van der Waals surface area (Å²) in [5.74, 6) is 0.453. The van der Waals surface area contributed by atoms with Gasteiger partial charge in [-0.05, 0) is 45.8 Å². The largest absolute Gasteiger partial charge is 0.324 e. The van der Waals surface area contributed by atoms with Crippen LogP contribution in [0.15, 0.2) is 15.2 Å². The van der Waals surface area contributed by atoms with Crippen LogP contribution in [-0.2, 0) is 9.84 Å². The molecule has 1 heterocycles. The van der Waals surface area contributed by atoms with E-state index in [1.165, 1.54) is 0 Å². The molecule has 0 radical (unpaired) electrons. The van der Waals surface area contributed by atoms with Gasteiger partial charge in [0.05, 0.1) is 9.54 Å². The van der Waals surface area contributed by atoms with Gasteiger partial charge in [-0.25, -0.2) is 8.42 Å². The van der Waals surface area contributed by atoms with Crippen LogP contribution in [0.1, 0.15) is 31.4 Å². The number of thiophene rings is 1. The van der Waals surface area contributed by atoms with Crippen molar-refractivity contribution in [3.05, 3.63) is 20.8 Å². The zero-order chi connectivity index (χ0) is 12.2. The Bertz CT molecular complexity index is 428. The minimum absolute atomic E-state index is 0.0605. The highest BCUT2D eigenvalue weighted by atomic mass is 79.9. The van der Waals surface area contributed by atoms with Crippen molar-refractivity contribution < 1.29 is 8.42 Å². The van der Waals surface area contributed by atoms with Crippen molar-refractivity contribution in [2.24, 2.45) is 5.73 Å². The highest BCUT2D eigenvalue weighted by Crippen LogP contribution is 2.26. The van der Waals surface area contributed by atoms with Crippen LogP contribution in [0.5, 0.6) is 0 Å². The van der Waals surface area contributed by atoms with Gasteiger partial charge in [-0.2, -0.15) is 0 Å². The molecule has 0 fully saturated rings. The van der Waals surface area contributed by atoms with E-state index in [1.54, 1.807) is 18.3 Å². The maximum absolute atomic E-state index is 11.3. The Kier molecular flexibility index (Phi) is 5.43. The van der Waals surface area contributed by atoms with Crippen LogP contribution < -0.4 is 5.73 Å². The van der Waals surface area contributed by atoms with Crippen molar-refractivity contribution in [1.82, 2.24) is 0 Å². The molecule has 0 aliphatic rings. The smallest absolute Gasteiger partial charge is 0.150 e. The highest BCUT2D eigenvalue weighted by Gasteiger charge is 2.11. The second kappa shape index (κ2) is 6.14. The van der Waals surface area contributed by atoms with Crippen LogP contribution in [0.25, 0.3) is 0 Å². The molecule has 0 spiro atoms. The van der Waals surface area contributed by atoms with E-state index < -0.39 is 9.84 Å². The van der Waals surface area contributed by atoms with Crippen molar-refractivity contribution in [2.75, 3.05) is 11.5 Å². The third kappa shape index (κ3) is 4.53. The maximum atomic E-state index is 11.3. The molecule has 0 amide bonds. The van der Waals surface area contributed by atoms with E-state index in [1.807, 2.05) is 11.4 Å². The quantitative estimate of drug-likeness (QED) is 0.874. The molecule has 0 aromatic carbocycles. The van der Waals surface area contributed by atoms with E-state index >= 15 is 0 Å². The molecule has 0 bridgehead atoms. The first-order valence-corrected chi connectivity index (χ1v) is 8.64. The van der Waals surface area contributed by atoms with Crippen molar-refractivity contribution in [2.45, 2.75) is 25.8 Å². The fourth-order valence-electron chi connectivity index (χ4n) is 1.35. The topological polar surface area (TPSA) is 60.2 Å². The molecular formula is C10H16BrNO2S2. The molecule has 1 rings (SSSR count). The lowest BCUT2D eigenvalue weighted by Gasteiger charge is -2.09. The molecule has 1 atom stereocenters. The average molecular weight is 326 g/mol. The third-order valence-electron chi connectivity index (χ3n) is 2.43. The summed E-state index contributed by atoms with van der Waals surface area (Å²) in [4.78, 5) is 0. The molecule has 92 valence electrons. The Balaban J connectivity index is 2.39. The first kappa shape index (κ1) is 14.2. The van der Waals surface area contributed by atoms with Gasteiger partial charge >= 0.3 is 0 Å². The summed E-state index contributed by atoms with van der Waals surface area (Å²) in [5, 5.41) is 2.00. The van der Waals surface area contributed by atoms with Gasteiger partial charge in [0.15, 0.2) is 0 Å². The van der Waals surface area contributed by atoms with E-state index in [0.29, 0.717) is 12.8 Å². The number of sulfone groups is 1. The second-order valence-corrected chi connectivity index (χ2v) is 8.43. The normalized spacial score (nSPS) is 13.9. The lowest BCUT2D eigenvalue weighted by molar-refractivity contribution is 0.584. The fraction of sp³-hybridized carbons (Fsp3) is 0.600. The second-order valence-electron chi connectivity index (χ2n) is 3.67. The summed E-state index contributed by atoms with van der Waals surface area (Å²) in [6, 6.07) is 1.93. The molecule has 0 saturated heterocycles. The molecule has 1 unspecified atom stereocenters. The van der Waals surface area contributed by atoms with Crippen molar-refractivity contribution in [3.63, 3.8) is 0 Å². The minimum Gasteiger partial charge on any atom is -0.324 e. The molecule has 0 aliphatic heterocycles. The summed E-state index contributed by atoms with van der Waals surface area (Å²) >= 11 is 4.97. The highest BCUT2D eigenvalue weighted by molar-refractivity contribution is 9.11. The summed E-state index contributed by atoms with van der Waals surface area (Å²) in [6.45, 7) is 1.67. The Morgan fingerprint density at radius 1 is 1.56 bits per heavy atom. The zero-order valence-electron chi connectivity index (χ0n) is 9.15. The average Bonchev–Trinajstić information content (AvgIpc) is 2.64. The van der Waals surface area contributed by atoms with Gasteiger partial charge in [0.1, 0.15) is 9.84 Å². The summed E-state index contributed by atoms with van der Waals surface area (Å²) in [5.41, 5.74) is 7.04. The maximum Gasteiger partial charge on any atom is 0.150 e. The SMILES string of the molecule is CCS(=O)(=O)CCCC(N)c1csc(Br)c1. The number of hydrogen-bond acceptors (Lipinski definition) is 4. The first-order chi connectivity index (χ1) is 7.44. The molecule has 3 nitrogen and oxygen atoms in total. The van der Waals surface area contributed by atoms with Gasteiger partial charge in [0.25, 0.3) is 0 Å². The number of nitrogens with two attached hydrogens (primary N) is 1. The predicted molar refractivity (Wildman–Crippen MR) is 72.5 cm³/mol. The van der Waals surface area contributed by atoms with Crippen molar-refractivity contribution in [3.8, 4) is 0 Å². The third-order valence-corrected chi connectivity index (χ3v) is 5.74. The Morgan fingerprint density at radius 3 is 2.75 bits per heavy atom. The van der Waals surface area contributed by atoms with E-state index in [2.05, 4.69) is 15.9 Å². The molecule has 6 heteroatoms. The molecule has 1 aromatic rings. The first-order valence-electron chi connectivity index (χ1n) is 5.14. The van der Waals surface area contributed by atoms with E-state index in [9.17, 15) is 8.42 Å².